The van der Waals surface area contributed by atoms with Crippen LogP contribution in [0.4, 0.5) is 0 Å². The van der Waals surface area contributed by atoms with Crippen LogP contribution in [0.25, 0.3) is 10.2 Å². The van der Waals surface area contributed by atoms with Crippen LogP contribution in [0.15, 0.2) is 4.79 Å². The fourth-order valence-corrected chi connectivity index (χ4v) is 4.53. The number of aromatic nitrogens is 2. The number of aryl methyl sites for hydroxylation is 2. The molecule has 2 atom stereocenters. The molecule has 3 rings (SSSR count). The second kappa shape index (κ2) is 7.30. The van der Waals surface area contributed by atoms with E-state index in [-0.39, 0.29) is 18.0 Å². The lowest BCUT2D eigenvalue weighted by Crippen LogP contribution is -2.48. The summed E-state index contributed by atoms with van der Waals surface area (Å²) in [6, 6.07) is 0.376. The quantitative estimate of drug-likeness (QED) is 0.886. The fourth-order valence-electron chi connectivity index (χ4n) is 3.48. The molecule has 3 N–H and O–H groups in total. The number of hydrogen-bond donors (Lipinski definition) is 2. The Kier molecular flexibility index (Phi) is 5.84. The molecule has 0 aliphatic carbocycles. The lowest BCUT2D eigenvalue weighted by Gasteiger charge is -2.39. The maximum absolute atomic E-state index is 12.4. The van der Waals surface area contributed by atoms with Crippen molar-refractivity contribution < 1.29 is 0 Å². The van der Waals surface area contributed by atoms with E-state index in [0.717, 1.165) is 33.0 Å². The van der Waals surface area contributed by atoms with E-state index in [1.165, 1.54) is 12.8 Å². The van der Waals surface area contributed by atoms with Gasteiger partial charge in [-0.1, -0.05) is 6.92 Å². The average molecular weight is 357 g/mol. The molecule has 1 aliphatic rings. The van der Waals surface area contributed by atoms with Crippen LogP contribution in [-0.4, -0.2) is 34.0 Å². The largest absolute Gasteiger partial charge is 0.329 e. The number of piperidine rings is 1. The van der Waals surface area contributed by atoms with Gasteiger partial charge in [0.15, 0.2) is 0 Å². The molecule has 0 spiro atoms. The van der Waals surface area contributed by atoms with Crippen LogP contribution in [0.1, 0.15) is 36.0 Å². The smallest absolute Gasteiger partial charge is 0.259 e. The van der Waals surface area contributed by atoms with E-state index in [0.29, 0.717) is 25.0 Å². The van der Waals surface area contributed by atoms with Gasteiger partial charge < -0.3 is 10.7 Å². The third kappa shape index (κ3) is 3.45. The molecule has 0 bridgehead atoms. The number of nitrogens with one attached hydrogen (secondary N) is 1. The summed E-state index contributed by atoms with van der Waals surface area (Å²) in [6.07, 6.45) is 2.41. The highest BCUT2D eigenvalue weighted by Crippen LogP contribution is 2.27. The lowest BCUT2D eigenvalue weighted by atomic mass is 9.91. The first-order valence-corrected chi connectivity index (χ1v) is 8.76. The molecular formula is C16H25ClN4OS. The molecule has 2 aromatic rings. The highest BCUT2D eigenvalue weighted by molar-refractivity contribution is 7.18. The molecular weight excluding hydrogens is 332 g/mol. The SMILES string of the molecule is Cc1sc2nc(CN3CCCC(C)C3CN)[nH]c(=O)c2c1C.Cl. The van der Waals surface area contributed by atoms with Crippen molar-refractivity contribution in [1.82, 2.24) is 14.9 Å². The van der Waals surface area contributed by atoms with Gasteiger partial charge >= 0.3 is 0 Å². The summed E-state index contributed by atoms with van der Waals surface area (Å²) in [5.74, 6) is 1.35. The zero-order valence-electron chi connectivity index (χ0n) is 13.9. The van der Waals surface area contributed by atoms with Gasteiger partial charge in [-0.15, -0.1) is 23.7 Å². The van der Waals surface area contributed by atoms with Crippen molar-refractivity contribution in [3.05, 3.63) is 26.6 Å². The summed E-state index contributed by atoms with van der Waals surface area (Å²) in [5, 5.41) is 0.744. The number of halogens is 1. The molecule has 2 aromatic heterocycles. The second-order valence-corrected chi connectivity index (χ2v) is 7.57. The van der Waals surface area contributed by atoms with Crippen LogP contribution in [0.5, 0.6) is 0 Å². The highest BCUT2D eigenvalue weighted by atomic mass is 35.5. The van der Waals surface area contributed by atoms with Crippen LogP contribution in [-0.2, 0) is 6.54 Å². The van der Waals surface area contributed by atoms with Gasteiger partial charge in [-0.3, -0.25) is 9.69 Å². The Bertz CT molecular complexity index is 741. The van der Waals surface area contributed by atoms with Gasteiger partial charge in [0.05, 0.1) is 11.9 Å². The summed E-state index contributed by atoms with van der Waals surface area (Å²) in [7, 11) is 0. The molecule has 0 saturated carbocycles. The summed E-state index contributed by atoms with van der Waals surface area (Å²) in [4.78, 5) is 24.4. The summed E-state index contributed by atoms with van der Waals surface area (Å²) < 4.78 is 0. The molecule has 0 radical (unpaired) electrons. The number of rotatable bonds is 3. The molecule has 2 unspecified atom stereocenters. The van der Waals surface area contributed by atoms with Gasteiger partial charge in [-0.2, -0.15) is 0 Å². The minimum atomic E-state index is -0.0174. The first-order chi connectivity index (χ1) is 10.5. The van der Waals surface area contributed by atoms with Crippen molar-refractivity contribution in [1.29, 1.82) is 0 Å². The van der Waals surface area contributed by atoms with Gasteiger partial charge in [0, 0.05) is 17.5 Å². The summed E-state index contributed by atoms with van der Waals surface area (Å²) in [5.41, 5.74) is 6.98. The molecule has 1 fully saturated rings. The third-order valence-corrected chi connectivity index (χ3v) is 6.01. The third-order valence-electron chi connectivity index (χ3n) is 4.91. The summed E-state index contributed by atoms with van der Waals surface area (Å²) in [6.45, 7) is 8.64. The van der Waals surface area contributed by atoms with Gasteiger partial charge in [-0.25, -0.2) is 4.98 Å². The molecule has 0 amide bonds. The van der Waals surface area contributed by atoms with Crippen molar-refractivity contribution in [2.24, 2.45) is 11.7 Å². The zero-order chi connectivity index (χ0) is 15.9. The van der Waals surface area contributed by atoms with E-state index in [2.05, 4.69) is 21.8 Å². The maximum atomic E-state index is 12.4. The Balaban J connectivity index is 0.00000192. The van der Waals surface area contributed by atoms with Crippen molar-refractivity contribution >= 4 is 34.0 Å². The Morgan fingerprint density at radius 3 is 2.87 bits per heavy atom. The van der Waals surface area contributed by atoms with Crippen LogP contribution in [0.2, 0.25) is 0 Å². The van der Waals surface area contributed by atoms with Gasteiger partial charge in [0.2, 0.25) is 0 Å². The maximum Gasteiger partial charge on any atom is 0.259 e. The van der Waals surface area contributed by atoms with Crippen molar-refractivity contribution in [3.8, 4) is 0 Å². The van der Waals surface area contributed by atoms with Gasteiger partial charge in [0.25, 0.3) is 5.56 Å². The molecule has 0 aromatic carbocycles. The first kappa shape index (κ1) is 18.4. The van der Waals surface area contributed by atoms with E-state index in [1.54, 1.807) is 11.3 Å². The average Bonchev–Trinajstić information content (AvgIpc) is 2.74. The molecule has 128 valence electrons. The molecule has 1 saturated heterocycles. The molecule has 5 nitrogen and oxygen atoms in total. The summed E-state index contributed by atoms with van der Waals surface area (Å²) >= 11 is 1.60. The normalized spacial score (nSPS) is 22.3. The number of fused-ring (bicyclic) bond motifs is 1. The number of likely N-dealkylation sites (tertiary alicyclic amines) is 1. The second-order valence-electron chi connectivity index (χ2n) is 6.37. The van der Waals surface area contributed by atoms with Crippen molar-refractivity contribution in [2.45, 2.75) is 46.2 Å². The lowest BCUT2D eigenvalue weighted by molar-refractivity contribution is 0.0964. The number of nitrogens with zero attached hydrogens (tertiary/aromatic N) is 2. The van der Waals surface area contributed by atoms with Crippen LogP contribution in [0, 0.1) is 19.8 Å². The number of nitrogens with two attached hydrogens (primary N) is 1. The van der Waals surface area contributed by atoms with Crippen molar-refractivity contribution in [3.63, 3.8) is 0 Å². The first-order valence-electron chi connectivity index (χ1n) is 7.94. The van der Waals surface area contributed by atoms with Crippen LogP contribution >= 0.6 is 23.7 Å². The topological polar surface area (TPSA) is 75.0 Å². The molecule has 3 heterocycles. The standard InChI is InChI=1S/C16H24N4OS.ClH/c1-9-5-4-6-20(12(9)7-17)8-13-18-15(21)14-10(2)11(3)22-16(14)19-13;/h9,12H,4-8,17H2,1-3H3,(H,18,19,21);1H. The predicted octanol–water partition coefficient (Wildman–Crippen LogP) is 2.58. The number of thiophene rings is 1. The van der Waals surface area contributed by atoms with Crippen LogP contribution in [0.3, 0.4) is 0 Å². The minimum Gasteiger partial charge on any atom is -0.329 e. The Morgan fingerprint density at radius 1 is 1.43 bits per heavy atom. The number of hydrogen-bond acceptors (Lipinski definition) is 5. The number of H-pyrrole nitrogens is 1. The number of aromatic amines is 1. The van der Waals surface area contributed by atoms with E-state index in [1.807, 2.05) is 13.8 Å². The fraction of sp³-hybridized carbons (Fsp3) is 0.625. The van der Waals surface area contributed by atoms with Gasteiger partial charge in [0.1, 0.15) is 10.7 Å². The van der Waals surface area contributed by atoms with Crippen molar-refractivity contribution in [2.75, 3.05) is 13.1 Å². The van der Waals surface area contributed by atoms with E-state index in [4.69, 9.17) is 5.73 Å². The molecule has 23 heavy (non-hydrogen) atoms. The Morgan fingerprint density at radius 2 is 2.17 bits per heavy atom. The van der Waals surface area contributed by atoms with E-state index in [9.17, 15) is 4.79 Å². The minimum absolute atomic E-state index is 0. The molecule has 7 heteroatoms. The van der Waals surface area contributed by atoms with Gasteiger partial charge in [-0.05, 0) is 44.7 Å². The monoisotopic (exact) mass is 356 g/mol. The molecule has 1 aliphatic heterocycles. The predicted molar refractivity (Wildman–Crippen MR) is 98.6 cm³/mol. The Labute approximate surface area is 146 Å². The Hall–Kier alpha value is -0.950. The van der Waals surface area contributed by atoms with Crippen LogP contribution < -0.4 is 11.3 Å². The zero-order valence-corrected chi connectivity index (χ0v) is 15.5. The van der Waals surface area contributed by atoms with E-state index >= 15 is 0 Å². The van der Waals surface area contributed by atoms with E-state index < -0.39 is 0 Å². The highest BCUT2D eigenvalue weighted by Gasteiger charge is 2.28.